The van der Waals surface area contributed by atoms with Crippen molar-refractivity contribution < 1.29 is 0 Å². The molecule has 2 nitrogen and oxygen atoms in total. The number of para-hydroxylation sites is 3. The molecule has 2 heterocycles. The summed E-state index contributed by atoms with van der Waals surface area (Å²) in [6, 6.07) is 66.9. The zero-order valence-electron chi connectivity index (χ0n) is 33.4. The molecule has 11 aromatic rings. The van der Waals surface area contributed by atoms with Crippen LogP contribution in [0.25, 0.3) is 87.7 Å². The van der Waals surface area contributed by atoms with Crippen molar-refractivity contribution in [2.45, 2.75) is 17.8 Å². The van der Waals surface area contributed by atoms with Gasteiger partial charge in [-0.05, 0) is 116 Å². The first-order chi connectivity index (χ1) is 30.2. The first-order valence-corrected chi connectivity index (χ1v) is 21.3. The quantitative estimate of drug-likeness (QED) is 0.125. The predicted molar refractivity (Wildman–Crippen MR) is 255 cm³/mol. The molecule has 282 valence electrons. The van der Waals surface area contributed by atoms with Crippen LogP contribution in [-0.2, 0) is 10.8 Å². The number of terminal acetylenes is 1. The van der Waals surface area contributed by atoms with Gasteiger partial charge in [-0.2, -0.15) is 0 Å². The lowest BCUT2D eigenvalue weighted by Crippen LogP contribution is -2.48. The van der Waals surface area contributed by atoms with E-state index >= 15 is 0 Å². The van der Waals surface area contributed by atoms with Crippen molar-refractivity contribution in [1.82, 2.24) is 9.13 Å². The van der Waals surface area contributed by atoms with Crippen LogP contribution in [0.15, 0.2) is 194 Å². The van der Waals surface area contributed by atoms with Crippen molar-refractivity contribution in [2.75, 3.05) is 0 Å². The van der Waals surface area contributed by atoms with Crippen molar-refractivity contribution in [3.05, 3.63) is 228 Å². The van der Waals surface area contributed by atoms with Crippen LogP contribution < -0.4 is 0 Å². The highest BCUT2D eigenvalue weighted by atomic mass is 15.0. The Morgan fingerprint density at radius 3 is 1.75 bits per heavy atom. The third kappa shape index (κ3) is 3.59. The maximum absolute atomic E-state index is 5.84. The molecule has 0 N–H and O–H groups in total. The molecule has 0 bridgehead atoms. The highest BCUT2D eigenvalue weighted by Gasteiger charge is 2.69. The van der Waals surface area contributed by atoms with E-state index in [1.54, 1.807) is 0 Å². The second-order valence-electron chi connectivity index (χ2n) is 16.9. The molecular formula is C59H36N2. The van der Waals surface area contributed by atoms with E-state index in [2.05, 4.69) is 210 Å². The lowest BCUT2D eigenvalue weighted by Gasteiger charge is -2.50. The van der Waals surface area contributed by atoms with Crippen LogP contribution in [0.5, 0.6) is 0 Å². The fourth-order valence-corrected chi connectivity index (χ4v) is 12.8. The zero-order chi connectivity index (χ0) is 40.2. The molecule has 0 spiro atoms. The van der Waals surface area contributed by atoms with E-state index in [-0.39, 0.29) is 0 Å². The van der Waals surface area contributed by atoms with Gasteiger partial charge in [0.1, 0.15) is 0 Å². The molecule has 3 aliphatic carbocycles. The normalized spacial score (nSPS) is 18.4. The number of nitrogens with zero attached hydrogens (tertiary/aromatic N) is 2. The Kier molecular flexibility index (Phi) is 6.20. The van der Waals surface area contributed by atoms with Gasteiger partial charge in [-0.1, -0.05) is 152 Å². The molecular weight excluding hydrogens is 737 g/mol. The van der Waals surface area contributed by atoms with Gasteiger partial charge in [0.2, 0.25) is 0 Å². The minimum atomic E-state index is -0.599. The molecule has 0 aliphatic heterocycles. The van der Waals surface area contributed by atoms with Gasteiger partial charge in [-0.25, -0.2) is 0 Å². The van der Waals surface area contributed by atoms with Crippen molar-refractivity contribution >= 4 is 70.9 Å². The summed E-state index contributed by atoms with van der Waals surface area (Å²) < 4.78 is 4.94. The molecule has 0 fully saturated rings. The van der Waals surface area contributed by atoms with Gasteiger partial charge >= 0.3 is 0 Å². The number of rotatable bonds is 3. The second kappa shape index (κ2) is 11.4. The average Bonchev–Trinajstić information content (AvgIpc) is 4.01. The van der Waals surface area contributed by atoms with Crippen LogP contribution in [0.1, 0.15) is 40.3 Å². The smallest absolute Gasteiger partial charge is 0.0649 e. The Balaban J connectivity index is 1.27. The maximum atomic E-state index is 5.84. The fourth-order valence-electron chi connectivity index (χ4n) is 12.8. The van der Waals surface area contributed by atoms with Gasteiger partial charge in [0.25, 0.3) is 0 Å². The molecule has 0 saturated carbocycles. The molecule has 3 aliphatic rings. The number of benzene rings is 9. The van der Waals surface area contributed by atoms with Gasteiger partial charge in [0.15, 0.2) is 0 Å². The fraction of sp³-hybridized carbons (Fsp3) is 0.0508. The Morgan fingerprint density at radius 1 is 0.475 bits per heavy atom. The Hall–Kier alpha value is -7.86. The number of allylic oxidation sites excluding steroid dienone is 4. The SMILES string of the molecule is C#C/C=C\C(=C/C)n1c2ccccc2c2cc3c4c(cccc4c21)C12c4ccccc4-c4ccccc4C31c1cc3c(c4cccc2c14)c1ccccc1n3-c1ccccc1. The van der Waals surface area contributed by atoms with Crippen molar-refractivity contribution in [3.8, 4) is 29.2 Å². The molecule has 0 radical (unpaired) electrons. The van der Waals surface area contributed by atoms with Crippen LogP contribution in [0, 0.1) is 12.3 Å². The lowest BCUT2D eigenvalue weighted by molar-refractivity contribution is 0.461. The standard InChI is InChI=1S/C59H36N2/c1-3-5-19-36(4-2)61-51-32-15-11-24-40(51)44-34-49-56-43(57(44)61)27-18-31-48(56)58-45-28-13-9-22-38(45)39-23-10-14-29-46(39)59(49,58)50-35-53-54(42-26-17-30-47(58)55(42)50)41-25-12-16-33-52(41)60(53)37-20-7-6-8-21-37/h1,4-35H,2H3/b19-5-,36-4+. The summed E-state index contributed by atoms with van der Waals surface area (Å²) in [4.78, 5) is 0. The monoisotopic (exact) mass is 772 g/mol. The number of fused-ring (bicyclic) bond motifs is 11. The summed E-state index contributed by atoms with van der Waals surface area (Å²) in [6.07, 6.45) is 11.9. The van der Waals surface area contributed by atoms with E-state index in [0.717, 1.165) is 11.4 Å². The molecule has 2 heteroatoms. The Labute approximate surface area is 352 Å². The minimum absolute atomic E-state index is 0.556. The van der Waals surface area contributed by atoms with Crippen LogP contribution in [0.2, 0.25) is 0 Å². The molecule has 2 atom stereocenters. The molecule has 9 aromatic carbocycles. The third-order valence-electron chi connectivity index (χ3n) is 14.6. The number of hydrogen-bond donors (Lipinski definition) is 0. The summed E-state index contributed by atoms with van der Waals surface area (Å²) in [7, 11) is 0. The lowest BCUT2D eigenvalue weighted by atomic mass is 9.50. The first-order valence-electron chi connectivity index (χ1n) is 21.3. The van der Waals surface area contributed by atoms with E-state index in [1.807, 2.05) is 6.08 Å². The Morgan fingerprint density at radius 2 is 1.03 bits per heavy atom. The number of hydrogen-bond acceptors (Lipinski definition) is 0. The summed E-state index contributed by atoms with van der Waals surface area (Å²) >= 11 is 0. The van der Waals surface area contributed by atoms with Crippen molar-refractivity contribution in [2.24, 2.45) is 0 Å². The van der Waals surface area contributed by atoms with E-state index in [1.165, 1.54) is 110 Å². The van der Waals surface area contributed by atoms with Crippen LogP contribution in [0.3, 0.4) is 0 Å². The van der Waals surface area contributed by atoms with Gasteiger partial charge in [0.05, 0.1) is 32.9 Å². The topological polar surface area (TPSA) is 9.86 Å². The van der Waals surface area contributed by atoms with Crippen LogP contribution in [0.4, 0.5) is 0 Å². The molecule has 0 saturated heterocycles. The molecule has 0 amide bonds. The average molecular weight is 773 g/mol. The highest BCUT2D eigenvalue weighted by molar-refractivity contribution is 6.27. The highest BCUT2D eigenvalue weighted by Crippen LogP contribution is 2.75. The van der Waals surface area contributed by atoms with Gasteiger partial charge in [-0.15, -0.1) is 6.42 Å². The van der Waals surface area contributed by atoms with Gasteiger partial charge < -0.3 is 9.13 Å². The summed E-state index contributed by atoms with van der Waals surface area (Å²) in [5.41, 5.74) is 16.7. The van der Waals surface area contributed by atoms with E-state index in [0.29, 0.717) is 0 Å². The molecule has 2 unspecified atom stereocenters. The largest absolute Gasteiger partial charge is 0.309 e. The Bertz CT molecular complexity index is 3900. The minimum Gasteiger partial charge on any atom is -0.309 e. The van der Waals surface area contributed by atoms with E-state index in [4.69, 9.17) is 6.42 Å². The van der Waals surface area contributed by atoms with Crippen LogP contribution in [-0.4, -0.2) is 9.13 Å². The third-order valence-corrected chi connectivity index (χ3v) is 14.6. The maximum Gasteiger partial charge on any atom is 0.0649 e. The second-order valence-corrected chi connectivity index (χ2v) is 16.9. The summed E-state index contributed by atoms with van der Waals surface area (Å²) in [5, 5.41) is 10.3. The van der Waals surface area contributed by atoms with E-state index < -0.39 is 10.8 Å². The molecule has 14 rings (SSSR count). The zero-order valence-corrected chi connectivity index (χ0v) is 33.4. The van der Waals surface area contributed by atoms with Crippen LogP contribution >= 0.6 is 0 Å². The van der Waals surface area contributed by atoms with Crippen molar-refractivity contribution in [1.29, 1.82) is 0 Å². The first kappa shape index (κ1) is 33.0. The van der Waals surface area contributed by atoms with E-state index in [9.17, 15) is 0 Å². The molecule has 2 aromatic heterocycles. The van der Waals surface area contributed by atoms with Crippen molar-refractivity contribution in [3.63, 3.8) is 0 Å². The number of aromatic nitrogens is 2. The summed E-state index contributed by atoms with van der Waals surface area (Å²) in [5.74, 6) is 2.75. The summed E-state index contributed by atoms with van der Waals surface area (Å²) in [6.45, 7) is 2.11. The van der Waals surface area contributed by atoms with Gasteiger partial charge in [0, 0.05) is 38.3 Å². The van der Waals surface area contributed by atoms with Gasteiger partial charge in [-0.3, -0.25) is 0 Å². The predicted octanol–water partition coefficient (Wildman–Crippen LogP) is 14.2. The molecule has 61 heavy (non-hydrogen) atoms.